The maximum atomic E-state index is 12.8. The topological polar surface area (TPSA) is 58.4 Å². The Morgan fingerprint density at radius 3 is 2.54 bits per heavy atom. The van der Waals surface area contributed by atoms with Gasteiger partial charge in [-0.1, -0.05) is 42.5 Å². The molecule has 1 aromatic heterocycles. The summed E-state index contributed by atoms with van der Waals surface area (Å²) in [7, 11) is 1.69. The summed E-state index contributed by atoms with van der Waals surface area (Å²) < 4.78 is 1.78. The van der Waals surface area contributed by atoms with E-state index in [9.17, 15) is 9.59 Å². The fourth-order valence-electron chi connectivity index (χ4n) is 3.58. The number of amides is 2. The van der Waals surface area contributed by atoms with Crippen LogP contribution in [-0.2, 0) is 22.6 Å². The van der Waals surface area contributed by atoms with Crippen molar-refractivity contribution in [2.45, 2.75) is 19.0 Å². The number of piperazine rings is 1. The Kier molecular flexibility index (Phi) is 4.93. The Morgan fingerprint density at radius 2 is 1.79 bits per heavy atom. The predicted molar refractivity (Wildman–Crippen MR) is 106 cm³/mol. The Hall–Kier alpha value is -3.41. The van der Waals surface area contributed by atoms with Gasteiger partial charge in [0.05, 0.1) is 12.2 Å². The van der Waals surface area contributed by atoms with Gasteiger partial charge in [-0.25, -0.2) is 4.68 Å². The van der Waals surface area contributed by atoms with E-state index in [1.54, 1.807) is 22.8 Å². The molecule has 1 saturated heterocycles. The van der Waals surface area contributed by atoms with Crippen LogP contribution in [0.25, 0.3) is 5.69 Å². The summed E-state index contributed by atoms with van der Waals surface area (Å²) in [4.78, 5) is 28.9. The first-order valence-electron chi connectivity index (χ1n) is 9.29. The predicted octanol–water partition coefficient (Wildman–Crippen LogP) is 2.28. The zero-order valence-electron chi connectivity index (χ0n) is 15.7. The molecule has 0 bridgehead atoms. The van der Waals surface area contributed by atoms with Crippen LogP contribution in [0.5, 0.6) is 0 Å². The number of rotatable bonds is 5. The molecule has 28 heavy (non-hydrogen) atoms. The second-order valence-electron chi connectivity index (χ2n) is 7.04. The zero-order chi connectivity index (χ0) is 19.5. The van der Waals surface area contributed by atoms with Crippen LogP contribution in [0.15, 0.2) is 73.1 Å². The summed E-state index contributed by atoms with van der Waals surface area (Å²) in [6.07, 6.45) is 4.11. The molecule has 6 heteroatoms. The summed E-state index contributed by atoms with van der Waals surface area (Å²) in [6, 6.07) is 19.1. The van der Waals surface area contributed by atoms with Gasteiger partial charge in [-0.2, -0.15) is 5.10 Å². The highest BCUT2D eigenvalue weighted by Crippen LogP contribution is 2.20. The largest absolute Gasteiger partial charge is 0.335 e. The van der Waals surface area contributed by atoms with E-state index in [0.717, 1.165) is 16.8 Å². The van der Waals surface area contributed by atoms with Crippen molar-refractivity contribution in [2.24, 2.45) is 0 Å². The van der Waals surface area contributed by atoms with Crippen LogP contribution in [0.4, 0.5) is 0 Å². The Labute approximate surface area is 164 Å². The summed E-state index contributed by atoms with van der Waals surface area (Å²) in [5, 5.41) is 4.26. The second kappa shape index (κ2) is 7.68. The zero-order valence-corrected chi connectivity index (χ0v) is 15.7. The van der Waals surface area contributed by atoms with Crippen LogP contribution >= 0.6 is 0 Å². The van der Waals surface area contributed by atoms with Gasteiger partial charge in [0.1, 0.15) is 6.04 Å². The highest BCUT2D eigenvalue weighted by Gasteiger charge is 2.37. The lowest BCUT2D eigenvalue weighted by molar-refractivity contribution is -0.155. The normalized spacial score (nSPS) is 17.2. The van der Waals surface area contributed by atoms with E-state index in [2.05, 4.69) is 5.10 Å². The Morgan fingerprint density at radius 1 is 1.00 bits per heavy atom. The van der Waals surface area contributed by atoms with Crippen LogP contribution in [-0.4, -0.2) is 51.0 Å². The van der Waals surface area contributed by atoms with Gasteiger partial charge in [0.15, 0.2) is 0 Å². The van der Waals surface area contributed by atoms with Crippen molar-refractivity contribution in [2.75, 3.05) is 13.6 Å². The van der Waals surface area contributed by atoms with Crippen molar-refractivity contribution in [1.82, 2.24) is 19.6 Å². The quantitative estimate of drug-likeness (QED) is 0.688. The molecule has 1 atom stereocenters. The van der Waals surface area contributed by atoms with E-state index in [1.165, 1.54) is 4.90 Å². The molecule has 6 nitrogen and oxygen atoms in total. The Balaban J connectivity index is 1.61. The van der Waals surface area contributed by atoms with Crippen LogP contribution in [0.3, 0.4) is 0 Å². The molecule has 142 valence electrons. The molecule has 0 saturated carbocycles. The van der Waals surface area contributed by atoms with Crippen molar-refractivity contribution >= 4 is 11.8 Å². The fourth-order valence-corrected chi connectivity index (χ4v) is 3.58. The highest BCUT2D eigenvalue weighted by atomic mass is 16.2. The molecule has 1 fully saturated rings. The number of benzene rings is 2. The Bertz CT molecular complexity index is 969. The molecular formula is C22H22N4O2. The van der Waals surface area contributed by atoms with Crippen LogP contribution in [0.1, 0.15) is 11.1 Å². The lowest BCUT2D eigenvalue weighted by Crippen LogP contribution is -2.59. The summed E-state index contributed by atoms with van der Waals surface area (Å²) in [6.45, 7) is 0.508. The molecule has 4 rings (SSSR count). The van der Waals surface area contributed by atoms with E-state index >= 15 is 0 Å². The number of hydrogen-bond donors (Lipinski definition) is 0. The third kappa shape index (κ3) is 3.67. The number of likely N-dealkylation sites (N-methyl/N-ethyl adjacent to an activating group) is 1. The monoisotopic (exact) mass is 374 g/mol. The van der Waals surface area contributed by atoms with Gasteiger partial charge in [0.2, 0.25) is 11.8 Å². The average Bonchev–Trinajstić information content (AvgIpc) is 3.25. The third-order valence-corrected chi connectivity index (χ3v) is 5.03. The second-order valence-corrected chi connectivity index (χ2v) is 7.04. The van der Waals surface area contributed by atoms with E-state index in [0.29, 0.717) is 13.0 Å². The van der Waals surface area contributed by atoms with Crippen molar-refractivity contribution in [1.29, 1.82) is 0 Å². The highest BCUT2D eigenvalue weighted by molar-refractivity contribution is 5.94. The first kappa shape index (κ1) is 18.0. The van der Waals surface area contributed by atoms with Crippen molar-refractivity contribution in [3.63, 3.8) is 0 Å². The lowest BCUT2D eigenvalue weighted by atomic mass is 10.00. The third-order valence-electron chi connectivity index (χ3n) is 5.03. The first-order valence-corrected chi connectivity index (χ1v) is 9.29. The maximum Gasteiger partial charge on any atom is 0.245 e. The molecule has 2 amide bonds. The van der Waals surface area contributed by atoms with Gasteiger partial charge >= 0.3 is 0 Å². The van der Waals surface area contributed by atoms with E-state index in [1.807, 2.05) is 66.9 Å². The fraction of sp³-hybridized carbons (Fsp3) is 0.227. The van der Waals surface area contributed by atoms with E-state index < -0.39 is 6.04 Å². The van der Waals surface area contributed by atoms with Gasteiger partial charge in [0, 0.05) is 32.4 Å². The van der Waals surface area contributed by atoms with Crippen LogP contribution in [0.2, 0.25) is 0 Å². The first-order chi connectivity index (χ1) is 13.6. The molecule has 1 aliphatic heterocycles. The van der Waals surface area contributed by atoms with E-state index in [-0.39, 0.29) is 18.4 Å². The SMILES string of the molecule is CN1CC(=O)N(Cc2cccc(-n3cccn3)c2)[C@@H](Cc2ccccc2)C1=O. The number of nitrogens with zero attached hydrogens (tertiary/aromatic N) is 4. The molecule has 0 radical (unpaired) electrons. The lowest BCUT2D eigenvalue weighted by Gasteiger charge is -2.39. The molecule has 0 aliphatic carbocycles. The van der Waals surface area contributed by atoms with Gasteiger partial charge in [-0.3, -0.25) is 9.59 Å². The van der Waals surface area contributed by atoms with Gasteiger partial charge < -0.3 is 9.80 Å². The van der Waals surface area contributed by atoms with Gasteiger partial charge in [0.25, 0.3) is 0 Å². The minimum absolute atomic E-state index is 0.0216. The van der Waals surface area contributed by atoms with Crippen molar-refractivity contribution in [3.05, 3.63) is 84.2 Å². The minimum Gasteiger partial charge on any atom is -0.335 e. The number of carbonyl (C=O) groups is 2. The van der Waals surface area contributed by atoms with Crippen molar-refractivity contribution in [3.8, 4) is 5.69 Å². The molecular weight excluding hydrogens is 352 g/mol. The molecule has 2 aromatic carbocycles. The molecule has 2 heterocycles. The molecule has 0 spiro atoms. The summed E-state index contributed by atoms with van der Waals surface area (Å²) in [5.74, 6) is -0.0563. The number of hydrogen-bond acceptors (Lipinski definition) is 3. The molecule has 3 aromatic rings. The average molecular weight is 374 g/mol. The smallest absolute Gasteiger partial charge is 0.245 e. The number of aromatic nitrogens is 2. The molecule has 1 aliphatic rings. The van der Waals surface area contributed by atoms with Crippen molar-refractivity contribution < 1.29 is 9.59 Å². The van der Waals surface area contributed by atoms with Gasteiger partial charge in [-0.15, -0.1) is 0 Å². The van der Waals surface area contributed by atoms with Gasteiger partial charge in [-0.05, 0) is 29.3 Å². The summed E-state index contributed by atoms with van der Waals surface area (Å²) in [5.41, 5.74) is 2.94. The molecule has 0 N–H and O–H groups in total. The van der Waals surface area contributed by atoms with E-state index in [4.69, 9.17) is 0 Å². The van der Waals surface area contributed by atoms with Crippen LogP contribution < -0.4 is 0 Å². The summed E-state index contributed by atoms with van der Waals surface area (Å²) >= 11 is 0. The van der Waals surface area contributed by atoms with Crippen LogP contribution in [0, 0.1) is 0 Å². The molecule has 0 unspecified atom stereocenters. The maximum absolute atomic E-state index is 12.8. The standard InChI is InChI=1S/C22H22N4O2/c1-24-16-21(27)25(20(22(24)28)14-17-7-3-2-4-8-17)15-18-9-5-10-19(13-18)26-12-6-11-23-26/h2-13,20H,14-16H2,1H3/t20-/m0/s1. The minimum atomic E-state index is -0.498. The number of carbonyl (C=O) groups excluding carboxylic acids is 2.